The highest BCUT2D eigenvalue weighted by Gasteiger charge is 2.22. The van der Waals surface area contributed by atoms with Gasteiger partial charge in [-0.2, -0.15) is 0 Å². The third-order valence-corrected chi connectivity index (χ3v) is 6.18. The molecule has 6 nitrogen and oxygen atoms in total. The van der Waals surface area contributed by atoms with Crippen molar-refractivity contribution in [2.75, 3.05) is 7.11 Å². The predicted molar refractivity (Wildman–Crippen MR) is 89.3 cm³/mol. The number of nitrogens with zero attached hydrogens (tertiary/aromatic N) is 2. The molecule has 0 radical (unpaired) electrons. The highest BCUT2D eigenvalue weighted by Crippen LogP contribution is 2.33. The molecule has 0 saturated heterocycles. The van der Waals surface area contributed by atoms with Crippen molar-refractivity contribution in [2.24, 2.45) is 0 Å². The van der Waals surface area contributed by atoms with Gasteiger partial charge in [-0.3, -0.25) is 9.59 Å². The molecule has 1 aliphatic carbocycles. The molecule has 0 amide bonds. The number of rotatable bonds is 1. The predicted octanol–water partition coefficient (Wildman–Crippen LogP) is 0.882. The highest BCUT2D eigenvalue weighted by atomic mass is 32.1. The fraction of sp³-hybridized carbons (Fsp3) is 0.333. The number of thiophene rings is 1. The summed E-state index contributed by atoms with van der Waals surface area (Å²) in [5, 5.41) is 0.571. The molecule has 3 aromatic heterocycles. The van der Waals surface area contributed by atoms with Gasteiger partial charge in [0.1, 0.15) is 9.36 Å². The molecule has 118 valence electrons. The summed E-state index contributed by atoms with van der Waals surface area (Å²) in [5.74, 6) is -0.624. The lowest BCUT2D eigenvalue weighted by Crippen LogP contribution is -2.31. The molecule has 4 rings (SSSR count). The van der Waals surface area contributed by atoms with Crippen LogP contribution >= 0.6 is 22.7 Å². The maximum atomic E-state index is 12.8. The summed E-state index contributed by atoms with van der Waals surface area (Å²) in [5.41, 5.74) is 0.216. The summed E-state index contributed by atoms with van der Waals surface area (Å²) < 4.78 is 5.77. The van der Waals surface area contributed by atoms with Gasteiger partial charge in [-0.15, -0.1) is 11.3 Å². The van der Waals surface area contributed by atoms with Crippen molar-refractivity contribution in [3.63, 3.8) is 0 Å². The lowest BCUT2D eigenvalue weighted by molar-refractivity contribution is -0.133. The van der Waals surface area contributed by atoms with Gasteiger partial charge in [0.05, 0.1) is 12.5 Å². The summed E-state index contributed by atoms with van der Waals surface area (Å²) in [7, 11) is 1.24. The van der Waals surface area contributed by atoms with E-state index in [9.17, 15) is 14.4 Å². The van der Waals surface area contributed by atoms with Crippen molar-refractivity contribution < 1.29 is 9.53 Å². The molecule has 1 aliphatic rings. The van der Waals surface area contributed by atoms with Gasteiger partial charge in [-0.25, -0.2) is 14.2 Å². The molecule has 3 aromatic rings. The topological polar surface area (TPSA) is 77.7 Å². The zero-order valence-corrected chi connectivity index (χ0v) is 13.9. The molecule has 0 aromatic carbocycles. The average Bonchev–Trinajstić information content (AvgIpc) is 3.06. The Hall–Kier alpha value is -2.06. The van der Waals surface area contributed by atoms with Crippen LogP contribution in [-0.2, 0) is 22.4 Å². The Bertz CT molecular complexity index is 1120. The van der Waals surface area contributed by atoms with Crippen molar-refractivity contribution in [1.82, 2.24) is 9.38 Å². The number of fused-ring (bicyclic) bond motifs is 4. The standard InChI is InChI=1S/C15H12N2O4S2/c1-21-10(18)6-9-13(19)17-14(20)11-7-4-2-3-5-8(7)22-12(11)16-15(17)23-9/h6H,2-5H2,1H3. The first-order chi connectivity index (χ1) is 11.1. The van der Waals surface area contributed by atoms with Crippen molar-refractivity contribution in [2.45, 2.75) is 25.7 Å². The molecule has 3 heterocycles. The van der Waals surface area contributed by atoms with Crippen LogP contribution in [0, 0.1) is 0 Å². The Morgan fingerprint density at radius 3 is 2.78 bits per heavy atom. The molecular weight excluding hydrogens is 336 g/mol. The maximum absolute atomic E-state index is 12.8. The number of carbonyl (C=O) groups is 1. The number of methoxy groups -OCH3 is 1. The van der Waals surface area contributed by atoms with Gasteiger partial charge < -0.3 is 4.74 Å². The average molecular weight is 348 g/mol. The van der Waals surface area contributed by atoms with Gasteiger partial charge in [-0.1, -0.05) is 11.3 Å². The summed E-state index contributed by atoms with van der Waals surface area (Å²) >= 11 is 2.57. The van der Waals surface area contributed by atoms with Gasteiger partial charge in [0, 0.05) is 11.0 Å². The fourth-order valence-electron chi connectivity index (χ4n) is 2.94. The molecule has 0 atom stereocenters. The van der Waals surface area contributed by atoms with Crippen molar-refractivity contribution in [1.29, 1.82) is 0 Å². The smallest absolute Gasteiger partial charge is 0.332 e. The van der Waals surface area contributed by atoms with Gasteiger partial charge in [0.25, 0.3) is 11.1 Å². The van der Waals surface area contributed by atoms with Crippen LogP contribution in [0.15, 0.2) is 9.59 Å². The second-order valence-corrected chi connectivity index (χ2v) is 7.46. The van der Waals surface area contributed by atoms with Gasteiger partial charge in [-0.05, 0) is 31.2 Å². The number of thiazole rings is 1. The minimum atomic E-state index is -0.624. The third kappa shape index (κ3) is 2.13. The Kier molecular flexibility index (Phi) is 3.31. The molecule has 0 saturated carbocycles. The van der Waals surface area contributed by atoms with E-state index >= 15 is 0 Å². The van der Waals surface area contributed by atoms with E-state index in [1.54, 1.807) is 11.3 Å². The lowest BCUT2D eigenvalue weighted by atomic mass is 9.97. The Balaban J connectivity index is 2.11. The molecule has 0 N–H and O–H groups in total. The maximum Gasteiger partial charge on any atom is 0.332 e. The number of aryl methyl sites for hydroxylation is 2. The molecule has 0 bridgehead atoms. The van der Waals surface area contributed by atoms with Gasteiger partial charge in [0.15, 0.2) is 0 Å². The number of hydrogen-bond donors (Lipinski definition) is 0. The quantitative estimate of drug-likeness (QED) is 0.610. The first-order valence-electron chi connectivity index (χ1n) is 7.19. The first kappa shape index (κ1) is 14.5. The first-order valence-corrected chi connectivity index (χ1v) is 8.83. The zero-order chi connectivity index (χ0) is 16.1. The Morgan fingerprint density at radius 2 is 2.00 bits per heavy atom. The second kappa shape index (κ2) is 5.24. The van der Waals surface area contributed by atoms with E-state index in [-0.39, 0.29) is 10.1 Å². The SMILES string of the molecule is COC(=O)C=c1sc2nc3sc4c(c3c(=O)n2c1=O)CCCC4. The molecule has 0 unspecified atom stereocenters. The largest absolute Gasteiger partial charge is 0.466 e. The Labute approximate surface area is 137 Å². The summed E-state index contributed by atoms with van der Waals surface area (Å²) in [6.45, 7) is 0. The lowest BCUT2D eigenvalue weighted by Gasteiger charge is -2.09. The van der Waals surface area contributed by atoms with Crippen LogP contribution in [0.25, 0.3) is 21.3 Å². The highest BCUT2D eigenvalue weighted by molar-refractivity contribution is 7.19. The molecule has 23 heavy (non-hydrogen) atoms. The summed E-state index contributed by atoms with van der Waals surface area (Å²) in [4.78, 5) is 43.3. The molecular formula is C15H12N2O4S2. The molecule has 0 spiro atoms. The van der Waals surface area contributed by atoms with Crippen molar-refractivity contribution >= 4 is 49.9 Å². The third-order valence-electron chi connectivity index (χ3n) is 4.02. The molecule has 0 aliphatic heterocycles. The number of ether oxygens (including phenoxy) is 1. The summed E-state index contributed by atoms with van der Waals surface area (Å²) in [6.07, 6.45) is 5.11. The van der Waals surface area contributed by atoms with Gasteiger partial charge >= 0.3 is 5.97 Å². The number of hydrogen-bond acceptors (Lipinski definition) is 7. The van der Waals surface area contributed by atoms with E-state index in [0.29, 0.717) is 15.2 Å². The van der Waals surface area contributed by atoms with Gasteiger partial charge in [0.2, 0.25) is 4.96 Å². The van der Waals surface area contributed by atoms with Crippen LogP contribution in [0.4, 0.5) is 0 Å². The molecule has 8 heteroatoms. The van der Waals surface area contributed by atoms with Crippen LogP contribution < -0.4 is 15.7 Å². The Morgan fingerprint density at radius 1 is 1.22 bits per heavy atom. The molecule has 0 fully saturated rings. The van der Waals surface area contributed by atoms with E-state index < -0.39 is 11.5 Å². The van der Waals surface area contributed by atoms with Crippen LogP contribution in [0.1, 0.15) is 23.3 Å². The van der Waals surface area contributed by atoms with Crippen molar-refractivity contribution in [3.05, 3.63) is 35.7 Å². The number of aromatic nitrogens is 2. The van der Waals surface area contributed by atoms with Crippen LogP contribution in [-0.4, -0.2) is 22.5 Å². The van der Waals surface area contributed by atoms with Crippen LogP contribution in [0.2, 0.25) is 0 Å². The van der Waals surface area contributed by atoms with E-state index in [0.717, 1.165) is 53.1 Å². The second-order valence-electron chi connectivity index (χ2n) is 5.36. The normalized spacial score (nSPS) is 15.3. The summed E-state index contributed by atoms with van der Waals surface area (Å²) in [6, 6.07) is 0. The van der Waals surface area contributed by atoms with Crippen molar-refractivity contribution in [3.8, 4) is 0 Å². The monoisotopic (exact) mass is 348 g/mol. The van der Waals surface area contributed by atoms with E-state index in [4.69, 9.17) is 0 Å². The van der Waals surface area contributed by atoms with E-state index in [1.165, 1.54) is 12.0 Å². The zero-order valence-electron chi connectivity index (χ0n) is 12.2. The minimum Gasteiger partial charge on any atom is -0.466 e. The number of esters is 1. The van der Waals surface area contributed by atoms with E-state index in [2.05, 4.69) is 9.72 Å². The minimum absolute atomic E-state index is 0.160. The van der Waals surface area contributed by atoms with Crippen LogP contribution in [0.5, 0.6) is 0 Å². The van der Waals surface area contributed by atoms with Crippen LogP contribution in [0.3, 0.4) is 0 Å². The fourth-order valence-corrected chi connectivity index (χ4v) is 5.18. The number of carbonyl (C=O) groups excluding carboxylic acids is 1. The van der Waals surface area contributed by atoms with E-state index in [1.807, 2.05) is 0 Å².